The summed E-state index contributed by atoms with van der Waals surface area (Å²) in [6.07, 6.45) is 11.4. The van der Waals surface area contributed by atoms with Gasteiger partial charge in [-0.3, -0.25) is 9.08 Å². The zero-order chi connectivity index (χ0) is 21.4. The number of halogens is 1. The van der Waals surface area contributed by atoms with Gasteiger partial charge in [-0.1, -0.05) is 17.7 Å². The Morgan fingerprint density at radius 1 is 1.12 bits per heavy atom. The predicted octanol–water partition coefficient (Wildman–Crippen LogP) is 3.75. The number of hydrogen-bond donors (Lipinski definition) is 2. The predicted molar refractivity (Wildman–Crippen MR) is 126 cm³/mol. The number of hydrogen-bond acceptors (Lipinski definition) is 5. The van der Waals surface area contributed by atoms with Gasteiger partial charge in [-0.2, -0.15) is 10.1 Å². The van der Waals surface area contributed by atoms with E-state index >= 15 is 0 Å². The van der Waals surface area contributed by atoms with Crippen LogP contribution in [0, 0.1) is 0 Å². The number of imidazole rings is 1. The van der Waals surface area contributed by atoms with Crippen LogP contribution in [-0.4, -0.2) is 54.3 Å². The molecule has 7 rings (SSSR count). The van der Waals surface area contributed by atoms with Gasteiger partial charge in [0, 0.05) is 67.0 Å². The average Bonchev–Trinajstić information content (AvgIpc) is 3.52. The van der Waals surface area contributed by atoms with E-state index in [9.17, 15) is 0 Å². The van der Waals surface area contributed by atoms with Crippen LogP contribution in [-0.2, 0) is 7.05 Å². The highest BCUT2D eigenvalue weighted by molar-refractivity contribution is 6.38. The molecule has 2 atom stereocenters. The lowest BCUT2D eigenvalue weighted by atomic mass is 10.0. The molecule has 162 valence electrons. The van der Waals surface area contributed by atoms with Crippen molar-refractivity contribution in [2.24, 2.45) is 7.05 Å². The van der Waals surface area contributed by atoms with Crippen LogP contribution in [0.25, 0.3) is 38.7 Å². The fourth-order valence-corrected chi connectivity index (χ4v) is 5.93. The Bertz CT molecular complexity index is 1480. The average molecular weight is 447 g/mol. The molecule has 9 heteroatoms. The molecule has 2 fully saturated rings. The third-order valence-electron chi connectivity index (χ3n) is 7.06. The van der Waals surface area contributed by atoms with Gasteiger partial charge in [0.1, 0.15) is 5.65 Å². The monoisotopic (exact) mass is 446 g/mol. The number of aromatic nitrogens is 6. The van der Waals surface area contributed by atoms with Crippen LogP contribution < -0.4 is 10.2 Å². The first-order valence-corrected chi connectivity index (χ1v) is 11.5. The van der Waals surface area contributed by atoms with E-state index in [0.717, 1.165) is 64.2 Å². The molecule has 0 spiro atoms. The van der Waals surface area contributed by atoms with E-state index in [4.69, 9.17) is 21.6 Å². The second kappa shape index (κ2) is 6.70. The molecule has 8 nitrogen and oxygen atoms in total. The number of nitrogens with one attached hydrogen (secondary N) is 2. The van der Waals surface area contributed by atoms with Crippen molar-refractivity contribution in [3.05, 3.63) is 41.9 Å². The second-order valence-electron chi connectivity index (χ2n) is 8.91. The molecule has 0 amide bonds. The maximum Gasteiger partial charge on any atom is 0.213 e. The molecule has 4 aromatic heterocycles. The van der Waals surface area contributed by atoms with E-state index in [0.29, 0.717) is 17.1 Å². The Kier molecular flexibility index (Phi) is 3.87. The lowest BCUT2D eigenvalue weighted by Gasteiger charge is -2.29. The Balaban J connectivity index is 1.46. The summed E-state index contributed by atoms with van der Waals surface area (Å²) < 4.78 is 3.94. The Morgan fingerprint density at radius 3 is 2.97 bits per heavy atom. The highest BCUT2D eigenvalue weighted by atomic mass is 35.5. The normalized spacial score (nSPS) is 21.2. The van der Waals surface area contributed by atoms with Gasteiger partial charge >= 0.3 is 0 Å². The molecule has 32 heavy (non-hydrogen) atoms. The van der Waals surface area contributed by atoms with Gasteiger partial charge in [0.05, 0.1) is 15.9 Å². The Morgan fingerprint density at radius 2 is 2.03 bits per heavy atom. The smallest absolute Gasteiger partial charge is 0.213 e. The van der Waals surface area contributed by atoms with Gasteiger partial charge < -0.3 is 15.2 Å². The van der Waals surface area contributed by atoms with Crippen molar-refractivity contribution in [3.8, 4) is 11.1 Å². The molecule has 0 unspecified atom stereocenters. The van der Waals surface area contributed by atoms with Crippen LogP contribution in [0.3, 0.4) is 0 Å². The summed E-state index contributed by atoms with van der Waals surface area (Å²) >= 11 is 6.86. The summed E-state index contributed by atoms with van der Waals surface area (Å²) in [5.74, 6) is 0.975. The minimum atomic E-state index is 0.468. The minimum Gasteiger partial charge on any atom is -0.345 e. The molecule has 2 aliphatic heterocycles. The Hall–Kier alpha value is -3.10. The molecule has 0 saturated carbocycles. The molecule has 1 aromatic carbocycles. The number of nitrogens with zero attached hydrogens (tertiary/aromatic N) is 6. The van der Waals surface area contributed by atoms with Crippen molar-refractivity contribution in [1.82, 2.24) is 34.4 Å². The summed E-state index contributed by atoms with van der Waals surface area (Å²) in [6, 6.07) is 5.04. The first kappa shape index (κ1) is 18.5. The highest BCUT2D eigenvalue weighted by Gasteiger charge is 2.37. The fourth-order valence-electron chi connectivity index (χ4n) is 5.62. The van der Waals surface area contributed by atoms with Crippen LogP contribution in [0.2, 0.25) is 5.02 Å². The summed E-state index contributed by atoms with van der Waals surface area (Å²) in [6.45, 7) is 2.07. The van der Waals surface area contributed by atoms with Gasteiger partial charge in [-0.15, -0.1) is 0 Å². The Labute approximate surface area is 189 Å². The molecular formula is C23H23ClN8. The van der Waals surface area contributed by atoms with E-state index in [1.807, 2.05) is 44.0 Å². The topological polar surface area (TPSA) is 79.1 Å². The molecule has 2 saturated heterocycles. The summed E-state index contributed by atoms with van der Waals surface area (Å²) in [7, 11) is 1.91. The van der Waals surface area contributed by atoms with Crippen molar-refractivity contribution < 1.29 is 0 Å². The van der Waals surface area contributed by atoms with E-state index < -0.39 is 0 Å². The number of benzene rings is 1. The first-order valence-electron chi connectivity index (χ1n) is 11.1. The van der Waals surface area contributed by atoms with Crippen LogP contribution in [0.15, 0.2) is 36.9 Å². The van der Waals surface area contributed by atoms with Crippen molar-refractivity contribution in [2.75, 3.05) is 18.0 Å². The number of fused-ring (bicyclic) bond motifs is 6. The number of aryl methyl sites for hydroxylation is 1. The van der Waals surface area contributed by atoms with E-state index in [1.165, 1.54) is 12.8 Å². The molecule has 2 aliphatic rings. The van der Waals surface area contributed by atoms with Crippen molar-refractivity contribution in [3.63, 3.8) is 0 Å². The number of H-pyrrole nitrogens is 1. The standard InChI is InChI=1S/C23H23ClN8/c1-30-12-17-18(29-30)5-4-15(20(17)24)16-11-27-21-19(16)22-26-8-9-31(22)23(28-21)32-13-2-3-14(32)10-25-7-6-13/h4-5,8-9,11-14,25,27H,2-3,6-7,10H2,1H3/t13-,14-/m1/s1. The first-order chi connectivity index (χ1) is 15.7. The molecule has 2 N–H and O–H groups in total. The van der Waals surface area contributed by atoms with E-state index in [-0.39, 0.29) is 0 Å². The van der Waals surface area contributed by atoms with E-state index in [1.54, 1.807) is 4.68 Å². The van der Waals surface area contributed by atoms with Crippen LogP contribution in [0.5, 0.6) is 0 Å². The molecule has 6 heterocycles. The van der Waals surface area contributed by atoms with Crippen LogP contribution in [0.1, 0.15) is 19.3 Å². The molecule has 5 aromatic rings. The van der Waals surface area contributed by atoms with Crippen molar-refractivity contribution in [2.45, 2.75) is 31.3 Å². The van der Waals surface area contributed by atoms with E-state index in [2.05, 4.69) is 24.7 Å². The summed E-state index contributed by atoms with van der Waals surface area (Å²) in [5.41, 5.74) is 4.59. The lowest BCUT2D eigenvalue weighted by Crippen LogP contribution is -2.39. The van der Waals surface area contributed by atoms with Crippen molar-refractivity contribution in [1.29, 1.82) is 0 Å². The fraction of sp³-hybridized carbons (Fsp3) is 0.348. The highest BCUT2D eigenvalue weighted by Crippen LogP contribution is 2.40. The second-order valence-corrected chi connectivity index (χ2v) is 9.28. The van der Waals surface area contributed by atoms with Crippen LogP contribution in [0.4, 0.5) is 5.95 Å². The molecule has 2 bridgehead atoms. The van der Waals surface area contributed by atoms with Gasteiger partial charge in [-0.25, -0.2) is 4.98 Å². The maximum absolute atomic E-state index is 6.86. The minimum absolute atomic E-state index is 0.468. The number of aromatic amines is 1. The largest absolute Gasteiger partial charge is 0.345 e. The SMILES string of the molecule is Cn1cc2c(Cl)c(-c3c[nH]c4nc(N5[C@H]6CCNC[C@H]5CC6)n5ccnc5c34)ccc2n1. The summed E-state index contributed by atoms with van der Waals surface area (Å²) in [5, 5.41) is 10.7. The summed E-state index contributed by atoms with van der Waals surface area (Å²) in [4.78, 5) is 15.8. The quantitative estimate of drug-likeness (QED) is 0.431. The lowest BCUT2D eigenvalue weighted by molar-refractivity contribution is 0.567. The maximum atomic E-state index is 6.86. The number of anilines is 1. The van der Waals surface area contributed by atoms with Gasteiger partial charge in [0.15, 0.2) is 5.65 Å². The molecular weight excluding hydrogens is 424 g/mol. The third-order valence-corrected chi connectivity index (χ3v) is 7.47. The zero-order valence-electron chi connectivity index (χ0n) is 17.7. The van der Waals surface area contributed by atoms with Crippen molar-refractivity contribution >= 4 is 45.1 Å². The van der Waals surface area contributed by atoms with Gasteiger partial charge in [0.25, 0.3) is 0 Å². The zero-order valence-corrected chi connectivity index (χ0v) is 18.5. The molecule has 0 radical (unpaired) electrons. The van der Waals surface area contributed by atoms with Gasteiger partial charge in [0.2, 0.25) is 5.95 Å². The van der Waals surface area contributed by atoms with Gasteiger partial charge in [-0.05, 0) is 31.9 Å². The molecule has 0 aliphatic carbocycles. The van der Waals surface area contributed by atoms with Crippen LogP contribution >= 0.6 is 11.6 Å². The number of rotatable bonds is 2. The third kappa shape index (κ3) is 2.50.